The quantitative estimate of drug-likeness (QED) is 0.807. The fourth-order valence-corrected chi connectivity index (χ4v) is 3.63. The van der Waals surface area contributed by atoms with E-state index in [1.807, 2.05) is 32.5 Å². The van der Waals surface area contributed by atoms with Crippen LogP contribution in [0.2, 0.25) is 0 Å². The lowest BCUT2D eigenvalue weighted by molar-refractivity contribution is -0.119. The maximum absolute atomic E-state index is 12.0. The normalized spacial score (nSPS) is 12.4. The molecule has 0 aliphatic rings. The average molecular weight is 326 g/mol. The molecule has 2 rings (SSSR count). The van der Waals surface area contributed by atoms with Crippen molar-refractivity contribution >= 4 is 34.1 Å². The lowest BCUT2D eigenvalue weighted by Crippen LogP contribution is -2.28. The van der Waals surface area contributed by atoms with Crippen LogP contribution in [-0.4, -0.2) is 31.6 Å². The summed E-state index contributed by atoms with van der Waals surface area (Å²) in [5.74, 6) is 0.237. The first-order valence-corrected chi connectivity index (χ1v) is 8.20. The van der Waals surface area contributed by atoms with Crippen LogP contribution >= 0.6 is 23.1 Å². The number of amides is 1. The third-order valence-corrected chi connectivity index (χ3v) is 5.01. The van der Waals surface area contributed by atoms with Crippen LogP contribution in [-0.2, 0) is 11.8 Å². The fraction of sp³-hybridized carbons (Fsp3) is 0.500. The van der Waals surface area contributed by atoms with Gasteiger partial charge in [0.2, 0.25) is 11.0 Å². The van der Waals surface area contributed by atoms with Crippen molar-refractivity contribution < 1.29 is 4.79 Å². The molecule has 0 saturated heterocycles. The third kappa shape index (κ3) is 3.73. The summed E-state index contributed by atoms with van der Waals surface area (Å²) < 4.78 is 2.52. The molecule has 1 amide bonds. The van der Waals surface area contributed by atoms with Gasteiger partial charge in [-0.25, -0.2) is 0 Å². The van der Waals surface area contributed by atoms with Gasteiger partial charge in [0.25, 0.3) is 0 Å². The van der Waals surface area contributed by atoms with Crippen molar-refractivity contribution in [3.8, 4) is 0 Å². The van der Waals surface area contributed by atoms with Crippen molar-refractivity contribution in [2.75, 3.05) is 11.5 Å². The number of nitrogens with two attached hydrogens (primary N) is 1. The highest BCUT2D eigenvalue weighted by atomic mass is 32.2. The SMILES string of the molecule is Cc1nn(C)c(C)c1[C@@H](C)NC(=O)CSc1nnc(N)s1. The number of nitrogens with zero attached hydrogens (tertiary/aromatic N) is 4. The van der Waals surface area contributed by atoms with Crippen molar-refractivity contribution in [1.82, 2.24) is 25.3 Å². The predicted octanol–water partition coefficient (Wildman–Crippen LogP) is 1.44. The molecule has 9 heteroatoms. The molecule has 0 bridgehead atoms. The van der Waals surface area contributed by atoms with Crippen LogP contribution in [0.5, 0.6) is 0 Å². The van der Waals surface area contributed by atoms with Crippen molar-refractivity contribution in [3.63, 3.8) is 0 Å². The lowest BCUT2D eigenvalue weighted by Gasteiger charge is -2.14. The fourth-order valence-electron chi connectivity index (χ4n) is 2.18. The minimum atomic E-state index is -0.0775. The summed E-state index contributed by atoms with van der Waals surface area (Å²) in [7, 11) is 1.90. The van der Waals surface area contributed by atoms with E-state index in [2.05, 4.69) is 20.6 Å². The number of aryl methyl sites for hydroxylation is 2. The van der Waals surface area contributed by atoms with Crippen LogP contribution in [0.15, 0.2) is 4.34 Å². The van der Waals surface area contributed by atoms with Gasteiger partial charge < -0.3 is 11.1 Å². The Bertz CT molecular complexity index is 650. The van der Waals surface area contributed by atoms with Crippen LogP contribution in [0, 0.1) is 13.8 Å². The monoisotopic (exact) mass is 326 g/mol. The highest BCUT2D eigenvalue weighted by Crippen LogP contribution is 2.24. The molecule has 0 saturated carbocycles. The largest absolute Gasteiger partial charge is 0.374 e. The molecule has 21 heavy (non-hydrogen) atoms. The molecule has 7 nitrogen and oxygen atoms in total. The number of hydrogen-bond acceptors (Lipinski definition) is 7. The summed E-state index contributed by atoms with van der Waals surface area (Å²) in [6.07, 6.45) is 0. The highest BCUT2D eigenvalue weighted by molar-refractivity contribution is 8.01. The number of nitrogens with one attached hydrogen (secondary N) is 1. The lowest BCUT2D eigenvalue weighted by atomic mass is 10.1. The Morgan fingerprint density at radius 2 is 2.19 bits per heavy atom. The Morgan fingerprint density at radius 1 is 1.48 bits per heavy atom. The van der Waals surface area contributed by atoms with E-state index in [4.69, 9.17) is 5.73 Å². The Morgan fingerprint density at radius 3 is 2.71 bits per heavy atom. The minimum Gasteiger partial charge on any atom is -0.374 e. The van der Waals surface area contributed by atoms with Gasteiger partial charge in [-0.15, -0.1) is 10.2 Å². The molecule has 2 aromatic heterocycles. The van der Waals surface area contributed by atoms with Gasteiger partial charge in [-0.05, 0) is 20.8 Å². The first-order chi connectivity index (χ1) is 9.88. The topological polar surface area (TPSA) is 98.7 Å². The van der Waals surface area contributed by atoms with Gasteiger partial charge in [0.15, 0.2) is 4.34 Å². The van der Waals surface area contributed by atoms with E-state index in [-0.39, 0.29) is 17.7 Å². The number of nitrogen functional groups attached to an aromatic ring is 1. The van der Waals surface area contributed by atoms with Crippen molar-refractivity contribution in [2.45, 2.75) is 31.2 Å². The number of carbonyl (C=O) groups is 1. The predicted molar refractivity (Wildman–Crippen MR) is 84.3 cm³/mol. The van der Waals surface area contributed by atoms with Gasteiger partial charge in [-0.2, -0.15) is 5.10 Å². The summed E-state index contributed by atoms with van der Waals surface area (Å²) >= 11 is 2.61. The summed E-state index contributed by atoms with van der Waals surface area (Å²) in [4.78, 5) is 12.0. The van der Waals surface area contributed by atoms with Crippen LogP contribution in [0.3, 0.4) is 0 Å². The van der Waals surface area contributed by atoms with Crippen molar-refractivity contribution in [1.29, 1.82) is 0 Å². The third-order valence-electron chi connectivity index (χ3n) is 3.12. The molecule has 0 spiro atoms. The zero-order valence-corrected chi connectivity index (χ0v) is 14.0. The van der Waals surface area contributed by atoms with Crippen LogP contribution < -0.4 is 11.1 Å². The summed E-state index contributed by atoms with van der Waals surface area (Å²) in [6.45, 7) is 5.91. The van der Waals surface area contributed by atoms with Crippen LogP contribution in [0.1, 0.15) is 29.9 Å². The molecule has 0 aliphatic heterocycles. The van der Waals surface area contributed by atoms with E-state index in [9.17, 15) is 4.79 Å². The first-order valence-electron chi connectivity index (χ1n) is 6.39. The van der Waals surface area contributed by atoms with E-state index in [0.717, 1.165) is 17.0 Å². The Balaban J connectivity index is 1.93. The van der Waals surface area contributed by atoms with Gasteiger partial charge in [0.05, 0.1) is 17.5 Å². The Hall–Kier alpha value is -1.61. The number of thioether (sulfide) groups is 1. The second kappa shape index (κ2) is 6.44. The number of aromatic nitrogens is 4. The van der Waals surface area contributed by atoms with Gasteiger partial charge >= 0.3 is 0 Å². The number of carbonyl (C=O) groups excluding carboxylic acids is 1. The Kier molecular flexibility index (Phi) is 4.84. The number of anilines is 1. The maximum atomic E-state index is 12.0. The number of hydrogen-bond donors (Lipinski definition) is 2. The molecule has 114 valence electrons. The van der Waals surface area contributed by atoms with Gasteiger partial charge in [-0.3, -0.25) is 9.48 Å². The van der Waals surface area contributed by atoms with Crippen LogP contribution in [0.25, 0.3) is 0 Å². The molecule has 2 aromatic rings. The summed E-state index contributed by atoms with van der Waals surface area (Å²) in [6, 6.07) is -0.0775. The minimum absolute atomic E-state index is 0.0519. The van der Waals surface area contributed by atoms with Gasteiger partial charge in [0.1, 0.15) is 0 Å². The molecular formula is C12H18N6OS2. The molecule has 0 fully saturated rings. The molecule has 0 aliphatic carbocycles. The summed E-state index contributed by atoms with van der Waals surface area (Å²) in [5.41, 5.74) is 8.56. The van der Waals surface area contributed by atoms with E-state index in [1.165, 1.54) is 23.1 Å². The van der Waals surface area contributed by atoms with E-state index < -0.39 is 0 Å². The molecule has 0 unspecified atom stereocenters. The van der Waals surface area contributed by atoms with Crippen LogP contribution in [0.4, 0.5) is 5.13 Å². The molecule has 0 aromatic carbocycles. The molecular weight excluding hydrogens is 308 g/mol. The standard InChI is InChI=1S/C12H18N6OS2/c1-6(10-7(2)17-18(4)8(10)3)14-9(19)5-20-12-16-15-11(13)21-12/h6H,5H2,1-4H3,(H2,13,15)(H,14,19)/t6-/m1/s1. The molecule has 0 radical (unpaired) electrons. The zero-order valence-electron chi connectivity index (χ0n) is 12.4. The second-order valence-corrected chi connectivity index (χ2v) is 6.92. The average Bonchev–Trinajstić information content (AvgIpc) is 2.92. The van der Waals surface area contributed by atoms with Crippen molar-refractivity contribution in [3.05, 3.63) is 17.0 Å². The number of rotatable bonds is 5. The second-order valence-electron chi connectivity index (χ2n) is 4.69. The summed E-state index contributed by atoms with van der Waals surface area (Å²) in [5, 5.41) is 15.3. The smallest absolute Gasteiger partial charge is 0.230 e. The molecule has 1 atom stereocenters. The van der Waals surface area contributed by atoms with E-state index >= 15 is 0 Å². The van der Waals surface area contributed by atoms with Gasteiger partial charge in [0, 0.05) is 18.3 Å². The zero-order chi connectivity index (χ0) is 15.6. The highest BCUT2D eigenvalue weighted by Gasteiger charge is 2.18. The van der Waals surface area contributed by atoms with Crippen molar-refractivity contribution in [2.24, 2.45) is 7.05 Å². The van der Waals surface area contributed by atoms with Gasteiger partial charge in [-0.1, -0.05) is 23.1 Å². The van der Waals surface area contributed by atoms with E-state index in [0.29, 0.717) is 9.47 Å². The van der Waals surface area contributed by atoms with E-state index in [1.54, 1.807) is 0 Å². The molecule has 2 heterocycles. The maximum Gasteiger partial charge on any atom is 0.230 e. The molecule has 3 N–H and O–H groups in total. The first kappa shape index (κ1) is 15.8. The Labute approximate surface area is 131 Å².